The summed E-state index contributed by atoms with van der Waals surface area (Å²) in [6.45, 7) is 4.37. The molecule has 2 rings (SSSR count). The normalized spacial score (nSPS) is 11.0. The first-order valence-electron chi connectivity index (χ1n) is 6.00. The number of pyridine rings is 1. The molecule has 0 aromatic carbocycles. The minimum Gasteiger partial charge on any atom is -0.383 e. The molecule has 0 fully saturated rings. The van der Waals surface area contributed by atoms with Gasteiger partial charge in [0, 0.05) is 17.8 Å². The third-order valence-corrected chi connectivity index (χ3v) is 3.12. The minimum absolute atomic E-state index is 0.465. The lowest BCUT2D eigenvalue weighted by atomic mass is 10.1. The van der Waals surface area contributed by atoms with Gasteiger partial charge in [-0.15, -0.1) is 0 Å². The summed E-state index contributed by atoms with van der Waals surface area (Å²) >= 11 is 0. The Morgan fingerprint density at radius 1 is 1.35 bits per heavy atom. The maximum absolute atomic E-state index is 5.91. The molecule has 0 spiro atoms. The molecule has 2 aromatic rings. The van der Waals surface area contributed by atoms with Gasteiger partial charge in [-0.05, 0) is 25.0 Å². The fraction of sp³-hybridized carbons (Fsp3) is 0.385. The number of hydrogen-bond donors (Lipinski definition) is 1. The van der Waals surface area contributed by atoms with Gasteiger partial charge in [0.25, 0.3) is 0 Å². The Bertz CT molecular complexity index is 486. The van der Waals surface area contributed by atoms with Crippen LogP contribution in [0.15, 0.2) is 30.9 Å². The SMILES string of the molecule is CCC(CC)n1cncc1-c1cccnc1N. The lowest BCUT2D eigenvalue weighted by molar-refractivity contribution is 0.475. The molecule has 2 heterocycles. The van der Waals surface area contributed by atoms with Crippen molar-refractivity contribution in [3.63, 3.8) is 0 Å². The first kappa shape index (κ1) is 11.6. The molecule has 0 aliphatic rings. The maximum Gasteiger partial charge on any atom is 0.132 e. The first-order chi connectivity index (χ1) is 8.27. The van der Waals surface area contributed by atoms with Crippen molar-refractivity contribution < 1.29 is 0 Å². The van der Waals surface area contributed by atoms with E-state index in [-0.39, 0.29) is 0 Å². The van der Waals surface area contributed by atoms with Gasteiger partial charge in [0.1, 0.15) is 5.82 Å². The molecule has 2 N–H and O–H groups in total. The van der Waals surface area contributed by atoms with Crippen molar-refractivity contribution >= 4 is 5.82 Å². The van der Waals surface area contributed by atoms with E-state index in [1.807, 2.05) is 24.7 Å². The fourth-order valence-electron chi connectivity index (χ4n) is 2.12. The Labute approximate surface area is 102 Å². The van der Waals surface area contributed by atoms with Crippen LogP contribution in [0.5, 0.6) is 0 Å². The minimum atomic E-state index is 0.465. The molecule has 0 aliphatic heterocycles. The second kappa shape index (κ2) is 4.99. The second-order valence-electron chi connectivity index (χ2n) is 4.09. The van der Waals surface area contributed by atoms with E-state index in [2.05, 4.69) is 28.4 Å². The monoisotopic (exact) mass is 230 g/mol. The molecule has 4 nitrogen and oxygen atoms in total. The number of imidazole rings is 1. The van der Waals surface area contributed by atoms with E-state index in [0.717, 1.165) is 24.1 Å². The molecular formula is C13H18N4. The quantitative estimate of drug-likeness (QED) is 0.878. The third-order valence-electron chi connectivity index (χ3n) is 3.12. The van der Waals surface area contributed by atoms with Gasteiger partial charge in [-0.2, -0.15) is 0 Å². The number of nitrogen functional groups attached to an aromatic ring is 1. The van der Waals surface area contributed by atoms with E-state index < -0.39 is 0 Å². The summed E-state index contributed by atoms with van der Waals surface area (Å²) in [5.41, 5.74) is 7.91. The predicted octanol–water partition coefficient (Wildman–Crippen LogP) is 2.89. The molecule has 0 saturated heterocycles. The van der Waals surface area contributed by atoms with Crippen molar-refractivity contribution in [3.8, 4) is 11.3 Å². The van der Waals surface area contributed by atoms with Gasteiger partial charge < -0.3 is 10.3 Å². The average molecular weight is 230 g/mol. The van der Waals surface area contributed by atoms with Crippen molar-refractivity contribution in [2.45, 2.75) is 32.7 Å². The molecule has 0 saturated carbocycles. The summed E-state index contributed by atoms with van der Waals surface area (Å²) in [5, 5.41) is 0. The van der Waals surface area contributed by atoms with Crippen LogP contribution in [-0.2, 0) is 0 Å². The summed E-state index contributed by atoms with van der Waals surface area (Å²) in [7, 11) is 0. The highest BCUT2D eigenvalue weighted by molar-refractivity contribution is 5.70. The summed E-state index contributed by atoms with van der Waals surface area (Å²) < 4.78 is 2.19. The molecule has 0 unspecified atom stereocenters. The van der Waals surface area contributed by atoms with Crippen LogP contribution in [0.3, 0.4) is 0 Å². The number of nitrogens with two attached hydrogens (primary N) is 1. The van der Waals surface area contributed by atoms with Crippen LogP contribution < -0.4 is 5.73 Å². The van der Waals surface area contributed by atoms with E-state index >= 15 is 0 Å². The van der Waals surface area contributed by atoms with Gasteiger partial charge in [0.05, 0.1) is 18.2 Å². The van der Waals surface area contributed by atoms with E-state index in [1.54, 1.807) is 6.20 Å². The van der Waals surface area contributed by atoms with Crippen LogP contribution >= 0.6 is 0 Å². The number of anilines is 1. The van der Waals surface area contributed by atoms with Crippen molar-refractivity contribution in [1.82, 2.24) is 14.5 Å². The summed E-state index contributed by atoms with van der Waals surface area (Å²) in [6, 6.07) is 4.35. The zero-order chi connectivity index (χ0) is 12.3. The topological polar surface area (TPSA) is 56.7 Å². The smallest absolute Gasteiger partial charge is 0.132 e. The molecule has 0 bridgehead atoms. The molecule has 0 atom stereocenters. The van der Waals surface area contributed by atoms with Gasteiger partial charge in [0.15, 0.2) is 0 Å². The Kier molecular flexibility index (Phi) is 3.42. The Hall–Kier alpha value is -1.84. The molecule has 2 aromatic heterocycles. The standard InChI is InChI=1S/C13H18N4/c1-3-10(4-2)17-9-15-8-12(17)11-6-5-7-16-13(11)14/h5-10H,3-4H2,1-2H3,(H2,14,16). The molecule has 0 radical (unpaired) electrons. The van der Waals surface area contributed by atoms with Crippen molar-refractivity contribution in [3.05, 3.63) is 30.9 Å². The molecule has 90 valence electrons. The first-order valence-corrected chi connectivity index (χ1v) is 6.00. The second-order valence-corrected chi connectivity index (χ2v) is 4.09. The third kappa shape index (κ3) is 2.16. The van der Waals surface area contributed by atoms with Gasteiger partial charge in [-0.1, -0.05) is 13.8 Å². The Morgan fingerprint density at radius 3 is 2.76 bits per heavy atom. The Morgan fingerprint density at radius 2 is 2.12 bits per heavy atom. The molecule has 0 amide bonds. The van der Waals surface area contributed by atoms with Gasteiger partial charge >= 0.3 is 0 Å². The molecule has 0 aliphatic carbocycles. The van der Waals surface area contributed by atoms with Gasteiger partial charge in [-0.25, -0.2) is 9.97 Å². The van der Waals surface area contributed by atoms with E-state index in [4.69, 9.17) is 5.73 Å². The van der Waals surface area contributed by atoms with Crippen LogP contribution in [-0.4, -0.2) is 14.5 Å². The van der Waals surface area contributed by atoms with Gasteiger partial charge in [0.2, 0.25) is 0 Å². The molecule has 17 heavy (non-hydrogen) atoms. The fourth-order valence-corrected chi connectivity index (χ4v) is 2.12. The highest BCUT2D eigenvalue weighted by Crippen LogP contribution is 2.28. The predicted molar refractivity (Wildman–Crippen MR) is 69.5 cm³/mol. The number of rotatable bonds is 4. The van der Waals surface area contributed by atoms with Crippen molar-refractivity contribution in [1.29, 1.82) is 0 Å². The zero-order valence-corrected chi connectivity index (χ0v) is 10.3. The summed E-state index contributed by atoms with van der Waals surface area (Å²) in [4.78, 5) is 8.36. The average Bonchev–Trinajstić information content (AvgIpc) is 2.80. The zero-order valence-electron chi connectivity index (χ0n) is 10.3. The summed E-state index contributed by atoms with van der Waals surface area (Å²) in [6.07, 6.45) is 7.60. The van der Waals surface area contributed by atoms with Crippen molar-refractivity contribution in [2.24, 2.45) is 0 Å². The van der Waals surface area contributed by atoms with Gasteiger partial charge in [-0.3, -0.25) is 0 Å². The maximum atomic E-state index is 5.91. The number of nitrogens with zero attached hydrogens (tertiary/aromatic N) is 3. The van der Waals surface area contributed by atoms with E-state index in [1.165, 1.54) is 0 Å². The lowest BCUT2D eigenvalue weighted by Gasteiger charge is -2.18. The number of aromatic nitrogens is 3. The van der Waals surface area contributed by atoms with Crippen LogP contribution in [0, 0.1) is 0 Å². The highest BCUT2D eigenvalue weighted by Gasteiger charge is 2.13. The largest absolute Gasteiger partial charge is 0.383 e. The van der Waals surface area contributed by atoms with Crippen molar-refractivity contribution in [2.75, 3.05) is 5.73 Å². The van der Waals surface area contributed by atoms with Crippen LogP contribution in [0.4, 0.5) is 5.82 Å². The lowest BCUT2D eigenvalue weighted by Crippen LogP contribution is -2.08. The summed E-state index contributed by atoms with van der Waals surface area (Å²) in [5.74, 6) is 0.556. The van der Waals surface area contributed by atoms with E-state index in [9.17, 15) is 0 Å². The van der Waals surface area contributed by atoms with Crippen LogP contribution in [0.25, 0.3) is 11.3 Å². The van der Waals surface area contributed by atoms with E-state index in [0.29, 0.717) is 11.9 Å². The van der Waals surface area contributed by atoms with Crippen LogP contribution in [0.2, 0.25) is 0 Å². The van der Waals surface area contributed by atoms with Crippen LogP contribution in [0.1, 0.15) is 32.7 Å². The molecule has 4 heteroatoms. The Balaban J connectivity index is 2.47. The number of hydrogen-bond acceptors (Lipinski definition) is 3. The highest BCUT2D eigenvalue weighted by atomic mass is 15.1. The molecular weight excluding hydrogens is 212 g/mol.